The van der Waals surface area contributed by atoms with Crippen molar-refractivity contribution in [3.05, 3.63) is 0 Å². The zero-order valence-corrected chi connectivity index (χ0v) is 19.8. The number of hydrogen-bond acceptors (Lipinski definition) is 5. The van der Waals surface area contributed by atoms with E-state index in [2.05, 4.69) is 13.8 Å². The number of rotatable bonds is 22. The highest BCUT2D eigenvalue weighted by Crippen LogP contribution is 2.12. The molecule has 0 aromatic rings. The fourth-order valence-electron chi connectivity index (χ4n) is 3.43. The Balaban J connectivity index is 3.63. The van der Waals surface area contributed by atoms with Gasteiger partial charge < -0.3 is 14.6 Å². The number of aliphatic hydroxyl groups excluding tert-OH is 1. The summed E-state index contributed by atoms with van der Waals surface area (Å²) in [6.45, 7) is 4.04. The second-order valence-electron chi connectivity index (χ2n) is 8.43. The third kappa shape index (κ3) is 20.2. The first-order valence-corrected chi connectivity index (χ1v) is 12.6. The predicted octanol–water partition coefficient (Wildman–Crippen LogP) is 6.50. The number of hydrogen-bond donors (Lipinski definition) is 1. The van der Waals surface area contributed by atoms with Crippen molar-refractivity contribution in [3.63, 3.8) is 0 Å². The van der Waals surface area contributed by atoms with Gasteiger partial charge in [-0.15, -0.1) is 0 Å². The lowest BCUT2D eigenvalue weighted by atomic mass is 10.1. The van der Waals surface area contributed by atoms with Gasteiger partial charge in [-0.1, -0.05) is 104 Å². The van der Waals surface area contributed by atoms with E-state index < -0.39 is 6.10 Å². The van der Waals surface area contributed by atoms with Crippen LogP contribution in [0.2, 0.25) is 0 Å². The Hall–Kier alpha value is -1.10. The largest absolute Gasteiger partial charge is 0.462 e. The van der Waals surface area contributed by atoms with Gasteiger partial charge >= 0.3 is 11.9 Å². The Morgan fingerprint density at radius 2 is 1.03 bits per heavy atom. The van der Waals surface area contributed by atoms with Crippen LogP contribution in [0.25, 0.3) is 0 Å². The van der Waals surface area contributed by atoms with E-state index in [4.69, 9.17) is 9.47 Å². The van der Waals surface area contributed by atoms with Crippen molar-refractivity contribution in [2.45, 2.75) is 136 Å². The topological polar surface area (TPSA) is 72.8 Å². The highest BCUT2D eigenvalue weighted by Gasteiger charge is 2.16. The van der Waals surface area contributed by atoms with Crippen LogP contribution in [-0.2, 0) is 19.1 Å². The van der Waals surface area contributed by atoms with Gasteiger partial charge in [-0.2, -0.15) is 0 Å². The first-order valence-electron chi connectivity index (χ1n) is 12.6. The second-order valence-corrected chi connectivity index (χ2v) is 8.43. The highest BCUT2D eigenvalue weighted by atomic mass is 16.6. The molecule has 0 radical (unpaired) electrons. The molecule has 30 heavy (non-hydrogen) atoms. The minimum Gasteiger partial charge on any atom is -0.462 e. The van der Waals surface area contributed by atoms with E-state index in [1.165, 1.54) is 64.2 Å². The molecule has 0 aromatic carbocycles. The number of carbonyl (C=O) groups is 2. The molecule has 0 saturated heterocycles. The molecule has 1 atom stereocenters. The summed E-state index contributed by atoms with van der Waals surface area (Å²) in [5.74, 6) is -0.600. The normalized spacial score (nSPS) is 12.0. The number of aliphatic hydroxyl groups is 1. The maximum absolute atomic E-state index is 11.9. The smallest absolute Gasteiger partial charge is 0.306 e. The summed E-state index contributed by atoms with van der Waals surface area (Å²) in [4.78, 5) is 23.7. The third-order valence-electron chi connectivity index (χ3n) is 5.40. The van der Waals surface area contributed by atoms with Crippen LogP contribution in [0.4, 0.5) is 0 Å². The van der Waals surface area contributed by atoms with E-state index in [-0.39, 0.29) is 25.2 Å². The van der Waals surface area contributed by atoms with Crippen molar-refractivity contribution in [1.82, 2.24) is 0 Å². The van der Waals surface area contributed by atoms with Crippen molar-refractivity contribution < 1.29 is 24.2 Å². The molecule has 0 aliphatic rings. The molecule has 0 bridgehead atoms. The Morgan fingerprint density at radius 3 is 1.47 bits per heavy atom. The third-order valence-corrected chi connectivity index (χ3v) is 5.40. The van der Waals surface area contributed by atoms with Gasteiger partial charge in [-0.25, -0.2) is 0 Å². The van der Waals surface area contributed by atoms with E-state index in [0.717, 1.165) is 38.5 Å². The molecular formula is C25H48O5. The van der Waals surface area contributed by atoms with Crippen LogP contribution in [0.3, 0.4) is 0 Å². The van der Waals surface area contributed by atoms with Gasteiger partial charge in [0.1, 0.15) is 6.61 Å². The van der Waals surface area contributed by atoms with Crippen molar-refractivity contribution in [2.24, 2.45) is 0 Å². The second kappa shape index (κ2) is 22.6. The summed E-state index contributed by atoms with van der Waals surface area (Å²) in [6, 6.07) is 0. The zero-order chi connectivity index (χ0) is 22.3. The average molecular weight is 429 g/mol. The minimum atomic E-state index is -0.755. The van der Waals surface area contributed by atoms with Crippen LogP contribution in [0.15, 0.2) is 0 Å². The summed E-state index contributed by atoms with van der Waals surface area (Å²) in [5.41, 5.74) is 0. The van der Waals surface area contributed by atoms with E-state index in [1.807, 2.05) is 0 Å². The number of unbranched alkanes of at least 4 members (excludes halogenated alkanes) is 14. The number of esters is 2. The van der Waals surface area contributed by atoms with Crippen molar-refractivity contribution in [3.8, 4) is 0 Å². The van der Waals surface area contributed by atoms with E-state index >= 15 is 0 Å². The molecule has 0 rings (SSSR count). The Kier molecular flexibility index (Phi) is 21.8. The monoisotopic (exact) mass is 428 g/mol. The van der Waals surface area contributed by atoms with Crippen molar-refractivity contribution >= 4 is 11.9 Å². The lowest BCUT2D eigenvalue weighted by Crippen LogP contribution is -2.28. The fraction of sp³-hybridized carbons (Fsp3) is 0.920. The molecule has 178 valence electrons. The Bertz CT molecular complexity index is 397. The van der Waals surface area contributed by atoms with Crippen LogP contribution < -0.4 is 0 Å². The lowest BCUT2D eigenvalue weighted by molar-refractivity contribution is -0.161. The van der Waals surface area contributed by atoms with Crippen LogP contribution in [0.1, 0.15) is 129 Å². The van der Waals surface area contributed by atoms with Gasteiger partial charge in [0.15, 0.2) is 6.10 Å². The first kappa shape index (κ1) is 28.9. The molecule has 0 spiro atoms. The molecule has 0 amide bonds. The molecule has 5 nitrogen and oxygen atoms in total. The molecule has 0 aromatic heterocycles. The van der Waals surface area contributed by atoms with E-state index in [9.17, 15) is 14.7 Å². The molecule has 0 aliphatic carbocycles. The molecule has 1 N–H and O–H groups in total. The van der Waals surface area contributed by atoms with Crippen LogP contribution in [0.5, 0.6) is 0 Å². The lowest BCUT2D eigenvalue weighted by Gasteiger charge is -2.15. The Labute approximate surface area is 185 Å². The Morgan fingerprint density at radius 1 is 0.633 bits per heavy atom. The highest BCUT2D eigenvalue weighted by molar-refractivity contribution is 5.70. The maximum Gasteiger partial charge on any atom is 0.306 e. The molecule has 0 aliphatic heterocycles. The molecular weight excluding hydrogens is 380 g/mol. The van der Waals surface area contributed by atoms with Gasteiger partial charge in [0.25, 0.3) is 0 Å². The fourth-order valence-corrected chi connectivity index (χ4v) is 3.43. The quantitative estimate of drug-likeness (QED) is 0.157. The zero-order valence-electron chi connectivity index (χ0n) is 19.8. The first-order chi connectivity index (χ1) is 14.6. The molecule has 5 heteroatoms. The summed E-state index contributed by atoms with van der Waals surface area (Å²) < 4.78 is 10.4. The number of carbonyl (C=O) groups excluding carboxylic acids is 2. The minimum absolute atomic E-state index is 0.0600. The SMILES string of the molecule is CCCCCCCCCCCC(=O)OCC(CO)OC(=O)CCCCCCCCC. The standard InChI is InChI=1S/C25H48O5/c1-3-5-7-9-11-12-14-15-17-19-24(27)29-22-23(21-26)30-25(28)20-18-16-13-10-8-6-4-2/h23,26H,3-22H2,1-2H3. The van der Waals surface area contributed by atoms with Crippen LogP contribution in [-0.4, -0.2) is 36.4 Å². The van der Waals surface area contributed by atoms with E-state index in [1.54, 1.807) is 0 Å². The summed E-state index contributed by atoms with van der Waals surface area (Å²) in [5, 5.41) is 9.36. The maximum atomic E-state index is 11.9. The number of ether oxygens (including phenoxy) is 2. The molecule has 1 unspecified atom stereocenters. The van der Waals surface area contributed by atoms with E-state index in [0.29, 0.717) is 12.8 Å². The van der Waals surface area contributed by atoms with Crippen LogP contribution >= 0.6 is 0 Å². The average Bonchev–Trinajstić information content (AvgIpc) is 2.74. The van der Waals surface area contributed by atoms with Gasteiger partial charge in [-0.3, -0.25) is 9.59 Å². The van der Waals surface area contributed by atoms with Gasteiger partial charge in [0.05, 0.1) is 6.61 Å². The van der Waals surface area contributed by atoms with Crippen molar-refractivity contribution in [2.75, 3.05) is 13.2 Å². The van der Waals surface area contributed by atoms with Gasteiger partial charge in [0, 0.05) is 12.8 Å². The summed E-state index contributed by atoms with van der Waals surface area (Å²) in [7, 11) is 0. The van der Waals surface area contributed by atoms with Gasteiger partial charge in [0.2, 0.25) is 0 Å². The predicted molar refractivity (Wildman–Crippen MR) is 122 cm³/mol. The van der Waals surface area contributed by atoms with Crippen LogP contribution in [0, 0.1) is 0 Å². The molecule has 0 saturated carbocycles. The van der Waals surface area contributed by atoms with Crippen molar-refractivity contribution in [1.29, 1.82) is 0 Å². The summed E-state index contributed by atoms with van der Waals surface area (Å²) in [6.07, 6.45) is 18.8. The summed E-state index contributed by atoms with van der Waals surface area (Å²) >= 11 is 0. The molecule has 0 heterocycles. The van der Waals surface area contributed by atoms with Gasteiger partial charge in [-0.05, 0) is 12.8 Å². The molecule has 0 fully saturated rings.